The van der Waals surface area contributed by atoms with Crippen LogP contribution in [0.1, 0.15) is 54.1 Å². The van der Waals surface area contributed by atoms with E-state index in [0.717, 1.165) is 46.7 Å². The predicted molar refractivity (Wildman–Crippen MR) is 156 cm³/mol. The molecule has 5 rings (SSSR count). The molecule has 2 aromatic carbocycles. The number of hydrogen-bond acceptors (Lipinski definition) is 6. The Morgan fingerprint density at radius 2 is 1.90 bits per heavy atom. The van der Waals surface area contributed by atoms with Crippen molar-refractivity contribution in [3.05, 3.63) is 41.7 Å². The van der Waals surface area contributed by atoms with E-state index in [-0.39, 0.29) is 0 Å². The number of rotatable bonds is 7. The van der Waals surface area contributed by atoms with Crippen molar-refractivity contribution < 1.29 is 22.7 Å². The second-order valence-electron chi connectivity index (χ2n) is 10.8. The lowest BCUT2D eigenvalue weighted by atomic mass is 9.93. The number of nitrogens with two attached hydrogens (primary N) is 1. The number of imidazole rings is 1. The normalized spacial score (nSPS) is 15.3. The molecule has 1 fully saturated rings. The monoisotopic (exact) mass is 555 g/mol. The molecule has 39 heavy (non-hydrogen) atoms. The lowest BCUT2D eigenvalue weighted by Crippen LogP contribution is -3.06. The van der Waals surface area contributed by atoms with Crippen molar-refractivity contribution in [2.75, 3.05) is 45.4 Å². The summed E-state index contributed by atoms with van der Waals surface area (Å²) in [4.78, 5) is 25.5. The van der Waals surface area contributed by atoms with Crippen molar-refractivity contribution in [1.82, 2.24) is 9.55 Å². The van der Waals surface area contributed by atoms with Gasteiger partial charge in [0.15, 0.2) is 0 Å². The molecule has 10 nitrogen and oxygen atoms in total. The quantitative estimate of drug-likeness (QED) is 0.384. The molecule has 0 unspecified atom stereocenters. The lowest BCUT2D eigenvalue weighted by Gasteiger charge is -2.25. The van der Waals surface area contributed by atoms with E-state index in [4.69, 9.17) is 15.3 Å². The van der Waals surface area contributed by atoms with E-state index >= 15 is 0 Å². The van der Waals surface area contributed by atoms with Gasteiger partial charge in [-0.2, -0.15) is 8.42 Å². The summed E-state index contributed by atoms with van der Waals surface area (Å²) in [5.74, 6) is -0.394. The van der Waals surface area contributed by atoms with Crippen LogP contribution in [0.5, 0.6) is 0 Å². The number of amides is 1. The van der Waals surface area contributed by atoms with Gasteiger partial charge >= 0.3 is 0 Å². The van der Waals surface area contributed by atoms with E-state index < -0.39 is 16.0 Å². The number of nitrogens with one attached hydrogen (secondary N) is 1. The number of primary amides is 1. The summed E-state index contributed by atoms with van der Waals surface area (Å²) >= 11 is 0. The third-order valence-electron chi connectivity index (χ3n) is 7.35. The number of benzene rings is 2. The first-order valence-electron chi connectivity index (χ1n) is 13.4. The van der Waals surface area contributed by atoms with Crippen LogP contribution in [0.15, 0.2) is 35.6 Å². The molecule has 2 aliphatic rings. The molecule has 1 aromatic heterocycles. The van der Waals surface area contributed by atoms with E-state index in [1.54, 1.807) is 0 Å². The number of aromatic nitrogens is 2. The molecule has 11 heteroatoms. The van der Waals surface area contributed by atoms with Gasteiger partial charge < -0.3 is 20.1 Å². The molecule has 4 N–H and O–H groups in total. The summed E-state index contributed by atoms with van der Waals surface area (Å²) < 4.78 is 28.2. The zero-order valence-corrected chi connectivity index (χ0v) is 24.0. The van der Waals surface area contributed by atoms with Crippen LogP contribution in [0.2, 0.25) is 0 Å². The highest BCUT2D eigenvalue weighted by atomic mass is 32.2. The number of carbonyl (C=O) groups excluding carboxylic acids is 1. The molecule has 0 bridgehead atoms. The first-order chi connectivity index (χ1) is 18.4. The fourth-order valence-electron chi connectivity index (χ4n) is 5.44. The number of nitrogens with zero attached hydrogens (tertiary/aromatic N) is 4. The van der Waals surface area contributed by atoms with E-state index in [1.165, 1.54) is 42.5 Å². The molecule has 1 amide bonds. The minimum Gasteiger partial charge on any atom is -0.368 e. The van der Waals surface area contributed by atoms with Crippen molar-refractivity contribution in [3.63, 3.8) is 0 Å². The van der Waals surface area contributed by atoms with Gasteiger partial charge in [0, 0.05) is 31.3 Å². The Bertz CT molecular complexity index is 1480. The number of fused-ring (bicyclic) bond motifs is 2. The second kappa shape index (κ2) is 11.8. The molecule has 0 spiro atoms. The van der Waals surface area contributed by atoms with E-state index in [9.17, 15) is 13.2 Å². The lowest BCUT2D eigenvalue weighted by molar-refractivity contribution is -0.856. The number of hydrogen-bond donors (Lipinski definition) is 3. The molecule has 210 valence electrons. The SMILES string of the molecule is CN(CC[NH+](C)C)c1cc(-c2ccc3c(c2)ncn3C2CCCCC2)c2c(c1C(N)=O)CC=N2.CS(=O)(=O)O. The van der Waals surface area contributed by atoms with Crippen LogP contribution in [0.3, 0.4) is 0 Å². The Hall–Kier alpha value is -3.28. The third-order valence-corrected chi connectivity index (χ3v) is 7.35. The molecule has 0 radical (unpaired) electrons. The summed E-state index contributed by atoms with van der Waals surface area (Å²) in [6.07, 6.45) is 11.6. The highest BCUT2D eigenvalue weighted by Gasteiger charge is 2.26. The first kappa shape index (κ1) is 28.7. The van der Waals surface area contributed by atoms with Crippen LogP contribution in [0.25, 0.3) is 22.2 Å². The summed E-state index contributed by atoms with van der Waals surface area (Å²) in [6, 6.07) is 9.16. The molecule has 0 atom stereocenters. The number of quaternary nitrogens is 1. The maximum Gasteiger partial charge on any atom is 0.261 e. The van der Waals surface area contributed by atoms with Gasteiger partial charge in [0.1, 0.15) is 0 Å². The van der Waals surface area contributed by atoms with E-state index in [1.807, 2.05) is 19.6 Å². The molecule has 1 aliphatic heterocycles. The van der Waals surface area contributed by atoms with Crippen LogP contribution in [-0.4, -0.2) is 75.1 Å². The molecule has 2 heterocycles. The van der Waals surface area contributed by atoms with Crippen LogP contribution in [0, 0.1) is 0 Å². The Labute approximate surface area is 230 Å². The standard InChI is InChI=1S/C27H34N6O.CH4O3S/c1-31(2)13-14-32(3)24-16-21(26-20(11-12-29-26)25(24)27(28)34)18-9-10-23-22(15-18)30-17-33(23)19-7-5-4-6-8-19;1-5(2,3)4/h9-10,12,15-17,19H,4-8,11,13-14H2,1-3H3,(H2,28,34);1H3,(H,2,3,4)/p+1. The molecule has 1 aliphatic carbocycles. The average Bonchev–Trinajstić information content (AvgIpc) is 3.52. The van der Waals surface area contributed by atoms with Crippen LogP contribution in [0.4, 0.5) is 11.4 Å². The fraction of sp³-hybridized carbons (Fsp3) is 0.464. The third kappa shape index (κ3) is 6.84. The van der Waals surface area contributed by atoms with Crippen LogP contribution < -0.4 is 15.5 Å². The van der Waals surface area contributed by atoms with Gasteiger partial charge in [0.05, 0.1) is 67.7 Å². The number of aliphatic imine (C=N–C) groups is 1. The Morgan fingerprint density at radius 1 is 1.21 bits per heavy atom. The predicted octanol–water partition coefficient (Wildman–Crippen LogP) is 2.65. The highest BCUT2D eigenvalue weighted by molar-refractivity contribution is 7.85. The zero-order valence-electron chi connectivity index (χ0n) is 23.1. The Balaban J connectivity index is 0.000000648. The van der Waals surface area contributed by atoms with Crippen molar-refractivity contribution >= 4 is 44.6 Å². The summed E-state index contributed by atoms with van der Waals surface area (Å²) in [5.41, 5.74) is 13.4. The Kier molecular flexibility index (Phi) is 8.73. The van der Waals surface area contributed by atoms with Gasteiger partial charge in [0.25, 0.3) is 16.0 Å². The van der Waals surface area contributed by atoms with E-state index in [2.05, 4.69) is 52.8 Å². The first-order valence-corrected chi connectivity index (χ1v) is 15.2. The summed E-state index contributed by atoms with van der Waals surface area (Å²) in [6.45, 7) is 1.79. The zero-order chi connectivity index (χ0) is 28.3. The number of anilines is 1. The van der Waals surface area contributed by atoms with Crippen molar-refractivity contribution in [3.8, 4) is 11.1 Å². The second-order valence-corrected chi connectivity index (χ2v) is 12.3. The topological polar surface area (TPSA) is 135 Å². The van der Waals surface area contributed by atoms with Crippen molar-refractivity contribution in [1.29, 1.82) is 0 Å². The highest BCUT2D eigenvalue weighted by Crippen LogP contribution is 2.43. The van der Waals surface area contributed by atoms with Gasteiger partial charge in [-0.15, -0.1) is 0 Å². The maximum absolute atomic E-state index is 12.5. The number of carbonyl (C=O) groups is 1. The van der Waals surface area contributed by atoms with Gasteiger partial charge in [-0.05, 0) is 42.2 Å². The maximum atomic E-state index is 12.5. The average molecular weight is 556 g/mol. The smallest absolute Gasteiger partial charge is 0.261 e. The van der Waals surface area contributed by atoms with Crippen LogP contribution in [-0.2, 0) is 16.5 Å². The largest absolute Gasteiger partial charge is 0.368 e. The van der Waals surface area contributed by atoms with Crippen molar-refractivity contribution in [2.24, 2.45) is 10.7 Å². The Morgan fingerprint density at radius 3 is 2.54 bits per heavy atom. The van der Waals surface area contributed by atoms with Crippen LogP contribution >= 0.6 is 0 Å². The van der Waals surface area contributed by atoms with Gasteiger partial charge in [-0.1, -0.05) is 25.3 Å². The minimum atomic E-state index is -3.67. The summed E-state index contributed by atoms with van der Waals surface area (Å²) in [7, 11) is 2.63. The number of likely N-dealkylation sites (N-methyl/N-ethyl adjacent to an activating group) is 2. The molecular formula is C28H39N6O4S+. The van der Waals surface area contributed by atoms with Crippen molar-refractivity contribution in [2.45, 2.75) is 44.6 Å². The molecule has 3 aromatic rings. The van der Waals surface area contributed by atoms with Gasteiger partial charge in [-0.3, -0.25) is 14.3 Å². The molecule has 0 saturated heterocycles. The van der Waals surface area contributed by atoms with Gasteiger partial charge in [-0.25, -0.2) is 4.98 Å². The van der Waals surface area contributed by atoms with E-state index in [0.29, 0.717) is 24.3 Å². The molecule has 1 saturated carbocycles. The fourth-order valence-corrected chi connectivity index (χ4v) is 5.44. The summed E-state index contributed by atoms with van der Waals surface area (Å²) in [5, 5.41) is 0. The molecular weight excluding hydrogens is 516 g/mol. The minimum absolute atomic E-state index is 0.394. The van der Waals surface area contributed by atoms with Gasteiger partial charge in [0.2, 0.25) is 0 Å².